The van der Waals surface area contributed by atoms with E-state index in [4.69, 9.17) is 9.47 Å². The molecule has 1 aromatic carbocycles. The predicted octanol–water partition coefficient (Wildman–Crippen LogP) is 3.42. The summed E-state index contributed by atoms with van der Waals surface area (Å²) in [5.74, 6) is 0.860. The third-order valence-corrected chi connectivity index (χ3v) is 2.24. The molecular weight excluding hydrogens is 256 g/mol. The molecule has 0 spiro atoms. The van der Waals surface area contributed by atoms with Gasteiger partial charge >= 0.3 is 0 Å². The minimum absolute atomic E-state index is 0.577. The average Bonchev–Trinajstić information content (AvgIpc) is 2.23. The van der Waals surface area contributed by atoms with Crippen molar-refractivity contribution in [3.8, 4) is 5.75 Å². The average molecular weight is 271 g/mol. The number of rotatable bonds is 6. The molecule has 0 saturated carbocycles. The zero-order valence-corrected chi connectivity index (χ0v) is 10.4. The molecule has 0 amide bonds. The van der Waals surface area contributed by atoms with E-state index in [2.05, 4.69) is 15.9 Å². The van der Waals surface area contributed by atoms with E-state index in [0.717, 1.165) is 10.2 Å². The summed E-state index contributed by atoms with van der Waals surface area (Å²) in [5, 5.41) is 0. The van der Waals surface area contributed by atoms with Crippen molar-refractivity contribution in [1.29, 1.82) is 0 Å². The van der Waals surface area contributed by atoms with Gasteiger partial charge in [-0.1, -0.05) is 34.1 Å². The highest BCUT2D eigenvalue weighted by Crippen LogP contribution is 2.17. The van der Waals surface area contributed by atoms with E-state index >= 15 is 0 Å². The topological polar surface area (TPSA) is 18.5 Å². The Kier molecular flexibility index (Phi) is 6.12. The maximum Gasteiger partial charge on any atom is 0.120 e. The second kappa shape index (κ2) is 7.49. The zero-order chi connectivity index (χ0) is 10.9. The summed E-state index contributed by atoms with van der Waals surface area (Å²) in [6.45, 7) is 3.81. The van der Waals surface area contributed by atoms with Crippen molar-refractivity contribution in [2.24, 2.45) is 0 Å². The molecule has 0 atom stereocenters. The number of hydrogen-bond donors (Lipinski definition) is 0. The Morgan fingerprint density at radius 2 is 2.20 bits per heavy atom. The van der Waals surface area contributed by atoms with Gasteiger partial charge in [0.05, 0.1) is 13.2 Å². The monoisotopic (exact) mass is 270 g/mol. The summed E-state index contributed by atoms with van der Waals surface area (Å²) in [7, 11) is 0. The summed E-state index contributed by atoms with van der Waals surface area (Å²) in [5.41, 5.74) is 0. The van der Waals surface area contributed by atoms with Gasteiger partial charge in [0, 0.05) is 4.47 Å². The van der Waals surface area contributed by atoms with Crippen molar-refractivity contribution in [2.75, 3.05) is 19.8 Å². The molecule has 0 aromatic heterocycles. The minimum Gasteiger partial charge on any atom is -0.491 e. The molecule has 0 radical (unpaired) electrons. The highest BCUT2D eigenvalue weighted by molar-refractivity contribution is 9.10. The molecule has 0 N–H and O–H groups in total. The van der Waals surface area contributed by atoms with Crippen molar-refractivity contribution in [3.05, 3.63) is 40.9 Å². The molecule has 0 bridgehead atoms. The molecule has 3 heteroatoms. The van der Waals surface area contributed by atoms with E-state index in [1.165, 1.54) is 0 Å². The van der Waals surface area contributed by atoms with Crippen molar-refractivity contribution >= 4 is 15.9 Å². The van der Waals surface area contributed by atoms with Gasteiger partial charge in [0.25, 0.3) is 0 Å². The Morgan fingerprint density at radius 1 is 1.33 bits per heavy atom. The first-order valence-corrected chi connectivity index (χ1v) is 5.69. The van der Waals surface area contributed by atoms with Crippen LogP contribution in [0.3, 0.4) is 0 Å². The fraction of sp³-hybridized carbons (Fsp3) is 0.333. The maximum atomic E-state index is 5.49. The van der Waals surface area contributed by atoms with Gasteiger partial charge in [0.15, 0.2) is 0 Å². The van der Waals surface area contributed by atoms with Gasteiger partial charge in [0.1, 0.15) is 12.4 Å². The third kappa shape index (κ3) is 5.60. The molecule has 1 rings (SSSR count). The molecule has 0 aliphatic heterocycles. The maximum absolute atomic E-state index is 5.49. The van der Waals surface area contributed by atoms with Crippen molar-refractivity contribution in [1.82, 2.24) is 0 Å². The molecule has 82 valence electrons. The highest BCUT2D eigenvalue weighted by atomic mass is 79.9. The van der Waals surface area contributed by atoms with E-state index in [0.29, 0.717) is 19.8 Å². The molecular formula is C12H15BrO2. The SMILES string of the molecule is CC=CCOCCOc1cccc(Br)c1. The number of halogens is 1. The first-order chi connectivity index (χ1) is 7.33. The van der Waals surface area contributed by atoms with E-state index in [9.17, 15) is 0 Å². The van der Waals surface area contributed by atoms with Crippen LogP contribution in [-0.2, 0) is 4.74 Å². The molecule has 0 aliphatic carbocycles. The number of ether oxygens (including phenoxy) is 2. The van der Waals surface area contributed by atoms with Crippen molar-refractivity contribution in [3.63, 3.8) is 0 Å². The summed E-state index contributed by atoms with van der Waals surface area (Å²) < 4.78 is 11.8. The second-order valence-corrected chi connectivity index (χ2v) is 3.87. The summed E-state index contributed by atoms with van der Waals surface area (Å²) >= 11 is 3.38. The fourth-order valence-corrected chi connectivity index (χ4v) is 1.40. The quantitative estimate of drug-likeness (QED) is 0.583. The smallest absolute Gasteiger partial charge is 0.120 e. The number of hydrogen-bond acceptors (Lipinski definition) is 2. The number of allylic oxidation sites excluding steroid dienone is 1. The van der Waals surface area contributed by atoms with Crippen LogP contribution >= 0.6 is 15.9 Å². The molecule has 0 aliphatic rings. The van der Waals surface area contributed by atoms with Gasteiger partial charge < -0.3 is 9.47 Å². The minimum atomic E-state index is 0.577. The van der Waals surface area contributed by atoms with Crippen LogP contribution in [0.15, 0.2) is 40.9 Å². The Bertz CT molecular complexity index is 310. The fourth-order valence-electron chi connectivity index (χ4n) is 1.02. The van der Waals surface area contributed by atoms with Gasteiger partial charge in [0.2, 0.25) is 0 Å². The first-order valence-electron chi connectivity index (χ1n) is 4.90. The van der Waals surface area contributed by atoms with Crippen molar-refractivity contribution in [2.45, 2.75) is 6.92 Å². The van der Waals surface area contributed by atoms with Crippen LogP contribution in [0, 0.1) is 0 Å². The van der Waals surface area contributed by atoms with E-state index in [1.807, 2.05) is 43.3 Å². The Labute approximate surface area is 99.0 Å². The Morgan fingerprint density at radius 3 is 2.93 bits per heavy atom. The summed E-state index contributed by atoms with van der Waals surface area (Å²) in [6.07, 6.45) is 3.94. The molecule has 1 aromatic rings. The summed E-state index contributed by atoms with van der Waals surface area (Å²) in [4.78, 5) is 0. The van der Waals surface area contributed by atoms with E-state index < -0.39 is 0 Å². The predicted molar refractivity (Wildman–Crippen MR) is 65.3 cm³/mol. The van der Waals surface area contributed by atoms with Crippen LogP contribution < -0.4 is 4.74 Å². The molecule has 15 heavy (non-hydrogen) atoms. The third-order valence-electron chi connectivity index (χ3n) is 1.74. The Hall–Kier alpha value is -0.800. The van der Waals surface area contributed by atoms with Crippen LogP contribution in [0.4, 0.5) is 0 Å². The molecule has 0 unspecified atom stereocenters. The van der Waals surface area contributed by atoms with Crippen LogP contribution in [0.2, 0.25) is 0 Å². The lowest BCUT2D eigenvalue weighted by Gasteiger charge is -2.06. The van der Waals surface area contributed by atoms with Crippen molar-refractivity contribution < 1.29 is 9.47 Å². The normalized spacial score (nSPS) is 10.8. The standard InChI is InChI=1S/C12H15BrO2/c1-2-3-7-14-8-9-15-12-6-4-5-11(13)10-12/h2-6,10H,7-9H2,1H3. The van der Waals surface area contributed by atoms with Crippen LogP contribution in [-0.4, -0.2) is 19.8 Å². The van der Waals surface area contributed by atoms with E-state index in [-0.39, 0.29) is 0 Å². The first kappa shape index (κ1) is 12.3. The second-order valence-electron chi connectivity index (χ2n) is 2.95. The van der Waals surface area contributed by atoms with Crippen LogP contribution in [0.1, 0.15) is 6.92 Å². The molecule has 0 saturated heterocycles. The number of benzene rings is 1. The van der Waals surface area contributed by atoms with E-state index in [1.54, 1.807) is 0 Å². The van der Waals surface area contributed by atoms with Gasteiger partial charge in [-0.25, -0.2) is 0 Å². The largest absolute Gasteiger partial charge is 0.491 e. The molecule has 0 fully saturated rings. The van der Waals surface area contributed by atoms with Crippen LogP contribution in [0.5, 0.6) is 5.75 Å². The van der Waals surface area contributed by atoms with Gasteiger partial charge in [-0.2, -0.15) is 0 Å². The summed E-state index contributed by atoms with van der Waals surface area (Å²) in [6, 6.07) is 7.78. The van der Waals surface area contributed by atoms with Crippen LogP contribution in [0.25, 0.3) is 0 Å². The molecule has 2 nitrogen and oxygen atoms in total. The molecule has 0 heterocycles. The van der Waals surface area contributed by atoms with Gasteiger partial charge in [-0.05, 0) is 25.1 Å². The highest BCUT2D eigenvalue weighted by Gasteiger charge is 1.93. The van der Waals surface area contributed by atoms with Gasteiger partial charge in [-0.15, -0.1) is 0 Å². The lowest BCUT2D eigenvalue weighted by molar-refractivity contribution is 0.121. The zero-order valence-electron chi connectivity index (χ0n) is 8.78. The Balaban J connectivity index is 2.15. The lowest BCUT2D eigenvalue weighted by Crippen LogP contribution is -2.06. The van der Waals surface area contributed by atoms with Gasteiger partial charge in [-0.3, -0.25) is 0 Å². The lowest BCUT2D eigenvalue weighted by atomic mass is 10.3.